The van der Waals surface area contributed by atoms with Gasteiger partial charge in [0.05, 0.1) is 0 Å². The number of nitrogens with one attached hydrogen (secondary N) is 1. The highest BCUT2D eigenvalue weighted by molar-refractivity contribution is 5.96. The summed E-state index contributed by atoms with van der Waals surface area (Å²) in [5.41, 5.74) is -0.400. The number of amides is 1. The van der Waals surface area contributed by atoms with Crippen LogP contribution in [-0.4, -0.2) is 17.1 Å². The Balaban J connectivity index is 1.88. The average molecular weight is 301 g/mol. The number of phenols is 1. The van der Waals surface area contributed by atoms with Crippen LogP contribution in [0.5, 0.6) is 5.75 Å². The van der Waals surface area contributed by atoms with Crippen molar-refractivity contribution in [3.05, 3.63) is 40.2 Å². The first kappa shape index (κ1) is 14.6. The molecule has 0 aliphatic heterocycles. The first-order chi connectivity index (χ1) is 10.5. The maximum atomic E-state index is 12.4. The summed E-state index contributed by atoms with van der Waals surface area (Å²) in [7, 11) is 0. The highest BCUT2D eigenvalue weighted by Crippen LogP contribution is 2.24. The molecule has 1 aromatic carbocycles. The Morgan fingerprint density at radius 1 is 1.27 bits per heavy atom. The van der Waals surface area contributed by atoms with E-state index in [9.17, 15) is 14.7 Å². The lowest BCUT2D eigenvalue weighted by molar-refractivity contribution is 0.0906. The minimum Gasteiger partial charge on any atom is -0.508 e. The second-order valence-electron chi connectivity index (χ2n) is 6.01. The summed E-state index contributed by atoms with van der Waals surface area (Å²) in [6, 6.07) is 6.10. The van der Waals surface area contributed by atoms with E-state index in [0.29, 0.717) is 11.3 Å². The van der Waals surface area contributed by atoms with Crippen LogP contribution >= 0.6 is 0 Å². The molecule has 0 radical (unpaired) electrons. The van der Waals surface area contributed by atoms with Crippen molar-refractivity contribution in [2.75, 3.05) is 0 Å². The van der Waals surface area contributed by atoms with Gasteiger partial charge in [-0.1, -0.05) is 19.8 Å². The standard InChI is InChI=1S/C17H19NO4/c1-10-4-2-3-5-14(10)18-16(20)13-8-11-6-7-12(19)9-15(11)22-17(13)21/h6-10,14,19H,2-5H2,1H3,(H,18,20)/t10-,14+/m0/s1. The summed E-state index contributed by atoms with van der Waals surface area (Å²) in [5, 5.41) is 13.0. The highest BCUT2D eigenvalue weighted by Gasteiger charge is 2.24. The Kier molecular flexibility index (Phi) is 3.88. The third-order valence-corrected chi connectivity index (χ3v) is 4.39. The predicted molar refractivity (Wildman–Crippen MR) is 83.0 cm³/mol. The number of benzene rings is 1. The maximum absolute atomic E-state index is 12.4. The highest BCUT2D eigenvalue weighted by atomic mass is 16.4. The summed E-state index contributed by atoms with van der Waals surface area (Å²) in [6.45, 7) is 2.12. The molecule has 1 amide bonds. The molecule has 5 heteroatoms. The molecule has 1 saturated carbocycles. The Labute approximate surface area is 127 Å². The summed E-state index contributed by atoms with van der Waals surface area (Å²) >= 11 is 0. The zero-order chi connectivity index (χ0) is 15.7. The van der Waals surface area contributed by atoms with Gasteiger partial charge in [0.15, 0.2) is 0 Å². The second-order valence-corrected chi connectivity index (χ2v) is 6.01. The number of carbonyl (C=O) groups excluding carboxylic acids is 1. The fraction of sp³-hybridized carbons (Fsp3) is 0.412. The van der Waals surface area contributed by atoms with Gasteiger partial charge in [-0.3, -0.25) is 4.79 Å². The van der Waals surface area contributed by atoms with E-state index in [1.807, 2.05) is 0 Å². The molecular weight excluding hydrogens is 282 g/mol. The van der Waals surface area contributed by atoms with Gasteiger partial charge < -0.3 is 14.8 Å². The fourth-order valence-electron chi connectivity index (χ4n) is 3.04. The van der Waals surface area contributed by atoms with Crippen LogP contribution in [0.15, 0.2) is 33.5 Å². The van der Waals surface area contributed by atoms with Crippen LogP contribution in [0, 0.1) is 5.92 Å². The fourth-order valence-corrected chi connectivity index (χ4v) is 3.04. The van der Waals surface area contributed by atoms with Crippen molar-refractivity contribution in [1.82, 2.24) is 5.32 Å². The lowest BCUT2D eigenvalue weighted by Crippen LogP contribution is -2.42. The van der Waals surface area contributed by atoms with Crippen LogP contribution in [0.2, 0.25) is 0 Å². The van der Waals surface area contributed by atoms with Crippen LogP contribution in [0.25, 0.3) is 11.0 Å². The quantitative estimate of drug-likeness (QED) is 0.836. The van der Waals surface area contributed by atoms with Crippen molar-refractivity contribution < 1.29 is 14.3 Å². The second kappa shape index (κ2) is 5.83. The molecule has 2 N–H and O–H groups in total. The van der Waals surface area contributed by atoms with Crippen molar-refractivity contribution in [3.63, 3.8) is 0 Å². The van der Waals surface area contributed by atoms with Gasteiger partial charge in [-0.15, -0.1) is 0 Å². The zero-order valence-corrected chi connectivity index (χ0v) is 12.5. The monoisotopic (exact) mass is 301 g/mol. The van der Waals surface area contributed by atoms with Crippen molar-refractivity contribution in [1.29, 1.82) is 0 Å². The minimum atomic E-state index is -0.681. The smallest absolute Gasteiger partial charge is 0.349 e. The molecule has 2 aromatic rings. The minimum absolute atomic E-state index is 0.0102. The first-order valence-corrected chi connectivity index (χ1v) is 7.62. The van der Waals surface area contributed by atoms with Crippen LogP contribution in [0.1, 0.15) is 43.0 Å². The van der Waals surface area contributed by atoms with E-state index < -0.39 is 5.63 Å². The number of rotatable bonds is 2. The summed E-state index contributed by atoms with van der Waals surface area (Å²) in [5.74, 6) is 0.0495. The van der Waals surface area contributed by atoms with E-state index in [2.05, 4.69) is 12.2 Å². The van der Waals surface area contributed by atoms with Gasteiger partial charge >= 0.3 is 5.63 Å². The van der Waals surface area contributed by atoms with E-state index in [-0.39, 0.29) is 28.8 Å². The molecule has 1 heterocycles. The van der Waals surface area contributed by atoms with Crippen LogP contribution < -0.4 is 10.9 Å². The first-order valence-electron chi connectivity index (χ1n) is 7.62. The third-order valence-electron chi connectivity index (χ3n) is 4.39. The van der Waals surface area contributed by atoms with Crippen molar-refractivity contribution in [3.8, 4) is 5.75 Å². The normalized spacial score (nSPS) is 21.7. The van der Waals surface area contributed by atoms with Crippen molar-refractivity contribution in [2.24, 2.45) is 5.92 Å². The van der Waals surface area contributed by atoms with Gasteiger partial charge in [0.1, 0.15) is 16.9 Å². The molecule has 1 aliphatic rings. The molecule has 116 valence electrons. The molecule has 2 atom stereocenters. The molecule has 1 aromatic heterocycles. The molecule has 3 rings (SSSR count). The average Bonchev–Trinajstić information content (AvgIpc) is 2.48. The molecule has 5 nitrogen and oxygen atoms in total. The van der Waals surface area contributed by atoms with E-state index in [1.165, 1.54) is 24.6 Å². The maximum Gasteiger partial charge on any atom is 0.349 e. The van der Waals surface area contributed by atoms with E-state index in [1.54, 1.807) is 6.07 Å². The molecule has 1 fully saturated rings. The van der Waals surface area contributed by atoms with Gasteiger partial charge in [0, 0.05) is 17.5 Å². The van der Waals surface area contributed by atoms with Gasteiger partial charge in [-0.2, -0.15) is 0 Å². The Morgan fingerprint density at radius 3 is 2.82 bits per heavy atom. The van der Waals surface area contributed by atoms with Gasteiger partial charge in [0.25, 0.3) is 5.91 Å². The SMILES string of the molecule is C[C@H]1CCCC[C@H]1NC(=O)c1cc2ccc(O)cc2oc1=O. The molecule has 0 spiro atoms. The van der Waals surface area contributed by atoms with E-state index >= 15 is 0 Å². The Hall–Kier alpha value is -2.30. The van der Waals surface area contributed by atoms with Gasteiger partial charge in [-0.25, -0.2) is 4.79 Å². The van der Waals surface area contributed by atoms with E-state index in [0.717, 1.165) is 19.3 Å². The zero-order valence-electron chi connectivity index (χ0n) is 12.5. The molecule has 0 bridgehead atoms. The predicted octanol–water partition coefficient (Wildman–Crippen LogP) is 2.81. The Bertz CT molecular complexity index is 765. The lowest BCUT2D eigenvalue weighted by atomic mass is 9.86. The van der Waals surface area contributed by atoms with E-state index in [4.69, 9.17) is 4.42 Å². The molecule has 1 aliphatic carbocycles. The largest absolute Gasteiger partial charge is 0.508 e. The number of hydrogen-bond donors (Lipinski definition) is 2. The number of hydrogen-bond acceptors (Lipinski definition) is 4. The Morgan fingerprint density at radius 2 is 2.05 bits per heavy atom. The third kappa shape index (κ3) is 2.84. The van der Waals surface area contributed by atoms with Crippen LogP contribution in [-0.2, 0) is 0 Å². The van der Waals surface area contributed by atoms with Crippen LogP contribution in [0.4, 0.5) is 0 Å². The molecule has 0 saturated heterocycles. The van der Waals surface area contributed by atoms with Crippen LogP contribution in [0.3, 0.4) is 0 Å². The summed E-state index contributed by atoms with van der Waals surface area (Å²) < 4.78 is 5.13. The van der Waals surface area contributed by atoms with Crippen molar-refractivity contribution in [2.45, 2.75) is 38.6 Å². The topological polar surface area (TPSA) is 79.5 Å². The van der Waals surface area contributed by atoms with Gasteiger partial charge in [0.2, 0.25) is 0 Å². The summed E-state index contributed by atoms with van der Waals surface area (Å²) in [4.78, 5) is 24.4. The number of aromatic hydroxyl groups is 1. The molecule has 0 unspecified atom stereocenters. The van der Waals surface area contributed by atoms with Gasteiger partial charge in [-0.05, 0) is 37.0 Å². The lowest BCUT2D eigenvalue weighted by Gasteiger charge is -2.29. The number of phenolic OH excluding ortho intramolecular Hbond substituents is 1. The summed E-state index contributed by atoms with van der Waals surface area (Å²) in [6.07, 6.45) is 4.33. The molecular formula is C17H19NO4. The van der Waals surface area contributed by atoms with Crippen molar-refractivity contribution >= 4 is 16.9 Å². The number of fused-ring (bicyclic) bond motifs is 1. The number of carbonyl (C=O) groups is 1. The molecule has 22 heavy (non-hydrogen) atoms.